The summed E-state index contributed by atoms with van der Waals surface area (Å²) in [4.78, 5) is 18.7. The van der Waals surface area contributed by atoms with Crippen molar-refractivity contribution >= 4 is 28.7 Å². The van der Waals surface area contributed by atoms with Gasteiger partial charge in [0.25, 0.3) is 0 Å². The van der Waals surface area contributed by atoms with Crippen molar-refractivity contribution in [2.45, 2.75) is 18.9 Å². The van der Waals surface area contributed by atoms with Crippen molar-refractivity contribution in [3.05, 3.63) is 72.2 Å². The second-order valence-corrected chi connectivity index (χ2v) is 8.88. The molecule has 1 spiro atoms. The lowest BCUT2D eigenvalue weighted by Crippen LogP contribution is -2.66. The molecule has 2 heterocycles. The molecule has 1 aromatic heterocycles. The Morgan fingerprint density at radius 3 is 2.76 bits per heavy atom. The van der Waals surface area contributed by atoms with Crippen LogP contribution in [0.5, 0.6) is 5.75 Å². The average Bonchev–Trinajstić information content (AvgIpc) is 2.76. The molecule has 5 rings (SSSR count). The first-order valence-corrected chi connectivity index (χ1v) is 11.1. The van der Waals surface area contributed by atoms with Gasteiger partial charge in [0.15, 0.2) is 0 Å². The maximum atomic E-state index is 13.7. The van der Waals surface area contributed by atoms with Crippen LogP contribution in [0, 0.1) is 11.2 Å². The quantitative estimate of drug-likeness (QED) is 0.571. The van der Waals surface area contributed by atoms with Gasteiger partial charge >= 0.3 is 6.03 Å². The summed E-state index contributed by atoms with van der Waals surface area (Å²) >= 11 is 0. The highest BCUT2D eigenvalue weighted by atomic mass is 19.1. The standard InChI is InChI=1S/C26H26FN3O3/c1-32-12-2-3-18-4-7-20(8-5-18)29-25(31)30-16-26(17-30)14-21(15-26)33-24-10-11-28-23-9-6-19(27)13-22(23)24/h2-11,13,21H,12,14-17H2,1H3,(H,29,31)/b3-2+. The minimum Gasteiger partial charge on any atom is -0.490 e. The number of fused-ring (bicyclic) bond motifs is 1. The number of nitrogens with one attached hydrogen (secondary N) is 1. The van der Waals surface area contributed by atoms with Gasteiger partial charge in [-0.2, -0.15) is 0 Å². The third-order valence-electron chi connectivity index (χ3n) is 6.35. The molecular formula is C26H26FN3O3. The number of hydrogen-bond donors (Lipinski definition) is 1. The lowest BCUT2D eigenvalue weighted by atomic mass is 9.62. The van der Waals surface area contributed by atoms with Crippen LogP contribution in [-0.4, -0.2) is 48.8 Å². The fraction of sp³-hybridized carbons (Fsp3) is 0.308. The Kier molecular flexibility index (Phi) is 5.72. The molecule has 2 aliphatic rings. The van der Waals surface area contributed by atoms with Crippen molar-refractivity contribution in [3.8, 4) is 5.75 Å². The van der Waals surface area contributed by atoms with Crippen molar-refractivity contribution in [1.82, 2.24) is 9.88 Å². The van der Waals surface area contributed by atoms with Gasteiger partial charge < -0.3 is 19.7 Å². The number of carbonyl (C=O) groups is 1. The number of amides is 2. The number of urea groups is 1. The number of methoxy groups -OCH3 is 1. The smallest absolute Gasteiger partial charge is 0.321 e. The number of halogens is 1. The van der Waals surface area contributed by atoms with E-state index in [9.17, 15) is 9.18 Å². The van der Waals surface area contributed by atoms with Crippen LogP contribution in [0.25, 0.3) is 17.0 Å². The van der Waals surface area contributed by atoms with Crippen molar-refractivity contribution < 1.29 is 18.7 Å². The highest BCUT2D eigenvalue weighted by molar-refractivity contribution is 5.90. The normalized spacial score (nSPS) is 17.2. The lowest BCUT2D eigenvalue weighted by Gasteiger charge is -2.58. The van der Waals surface area contributed by atoms with E-state index < -0.39 is 0 Å². The summed E-state index contributed by atoms with van der Waals surface area (Å²) in [6.07, 6.45) is 7.45. The molecule has 0 radical (unpaired) electrons. The molecule has 3 aromatic rings. The van der Waals surface area contributed by atoms with E-state index in [-0.39, 0.29) is 23.4 Å². The Bertz CT molecular complexity index is 1180. The number of ether oxygens (including phenoxy) is 2. The maximum absolute atomic E-state index is 13.7. The summed E-state index contributed by atoms with van der Waals surface area (Å²) in [6.45, 7) is 2.02. The SMILES string of the molecule is COC/C=C/c1ccc(NC(=O)N2CC3(CC(Oc4ccnc5ccc(F)cc45)C3)C2)cc1. The largest absolute Gasteiger partial charge is 0.490 e. The van der Waals surface area contributed by atoms with E-state index in [4.69, 9.17) is 9.47 Å². The summed E-state index contributed by atoms with van der Waals surface area (Å²) in [6, 6.07) is 13.9. The topological polar surface area (TPSA) is 63.7 Å². The Morgan fingerprint density at radius 2 is 2.00 bits per heavy atom. The summed E-state index contributed by atoms with van der Waals surface area (Å²) in [5.74, 6) is 0.358. The second-order valence-electron chi connectivity index (χ2n) is 8.88. The lowest BCUT2D eigenvalue weighted by molar-refractivity contribution is -0.0978. The van der Waals surface area contributed by atoms with Crippen LogP contribution in [0.3, 0.4) is 0 Å². The summed E-state index contributed by atoms with van der Waals surface area (Å²) in [5, 5.41) is 3.65. The number of likely N-dealkylation sites (tertiary alicyclic amines) is 1. The van der Waals surface area contributed by atoms with Gasteiger partial charge in [-0.05, 0) is 54.8 Å². The molecule has 1 N–H and O–H groups in total. The Morgan fingerprint density at radius 1 is 1.21 bits per heavy atom. The third kappa shape index (κ3) is 4.54. The van der Waals surface area contributed by atoms with Crippen molar-refractivity contribution in [2.24, 2.45) is 5.41 Å². The van der Waals surface area contributed by atoms with E-state index in [0.717, 1.165) is 37.2 Å². The molecule has 1 saturated carbocycles. The Balaban J connectivity index is 1.11. The zero-order chi connectivity index (χ0) is 22.8. The van der Waals surface area contributed by atoms with Crippen LogP contribution >= 0.6 is 0 Å². The molecule has 6 nitrogen and oxygen atoms in total. The van der Waals surface area contributed by atoms with E-state index in [2.05, 4.69) is 10.3 Å². The van der Waals surface area contributed by atoms with E-state index in [0.29, 0.717) is 23.3 Å². The number of anilines is 1. The van der Waals surface area contributed by atoms with Gasteiger partial charge in [0.05, 0.1) is 12.1 Å². The molecule has 7 heteroatoms. The zero-order valence-electron chi connectivity index (χ0n) is 18.5. The number of nitrogens with zero attached hydrogens (tertiary/aromatic N) is 2. The Labute approximate surface area is 192 Å². The average molecular weight is 448 g/mol. The molecule has 1 aliphatic carbocycles. The number of aromatic nitrogens is 1. The molecule has 0 atom stereocenters. The van der Waals surface area contributed by atoms with Gasteiger partial charge in [-0.3, -0.25) is 4.98 Å². The molecular weight excluding hydrogens is 421 g/mol. The predicted octanol–water partition coefficient (Wildman–Crippen LogP) is 5.11. The highest BCUT2D eigenvalue weighted by Crippen LogP contribution is 2.50. The fourth-order valence-corrected chi connectivity index (χ4v) is 4.69. The first kappa shape index (κ1) is 21.4. The molecule has 2 fully saturated rings. The van der Waals surface area contributed by atoms with Gasteiger partial charge in [-0.25, -0.2) is 9.18 Å². The monoisotopic (exact) mass is 447 g/mol. The minimum atomic E-state index is -0.303. The van der Waals surface area contributed by atoms with Crippen molar-refractivity contribution in [2.75, 3.05) is 32.1 Å². The van der Waals surface area contributed by atoms with Gasteiger partial charge in [0.2, 0.25) is 0 Å². The predicted molar refractivity (Wildman–Crippen MR) is 126 cm³/mol. The molecule has 170 valence electrons. The van der Waals surface area contributed by atoms with E-state index in [1.54, 1.807) is 25.4 Å². The van der Waals surface area contributed by atoms with Gasteiger partial charge in [-0.1, -0.05) is 24.3 Å². The Hall–Kier alpha value is -3.45. The fourth-order valence-electron chi connectivity index (χ4n) is 4.69. The number of pyridine rings is 1. The zero-order valence-corrected chi connectivity index (χ0v) is 18.5. The van der Waals surface area contributed by atoms with E-state index >= 15 is 0 Å². The summed E-state index contributed by atoms with van der Waals surface area (Å²) < 4.78 is 24.8. The molecule has 0 unspecified atom stereocenters. The first-order chi connectivity index (χ1) is 16.0. The number of rotatable bonds is 6. The van der Waals surface area contributed by atoms with Gasteiger partial charge in [0, 0.05) is 42.9 Å². The number of carbonyl (C=O) groups excluding carboxylic acids is 1. The van der Waals surface area contributed by atoms with Crippen molar-refractivity contribution in [3.63, 3.8) is 0 Å². The van der Waals surface area contributed by atoms with Crippen LogP contribution < -0.4 is 10.1 Å². The van der Waals surface area contributed by atoms with Crippen LogP contribution in [0.4, 0.5) is 14.9 Å². The van der Waals surface area contributed by atoms with Gasteiger partial charge in [-0.15, -0.1) is 0 Å². The van der Waals surface area contributed by atoms with Crippen LogP contribution in [0.2, 0.25) is 0 Å². The highest BCUT2D eigenvalue weighted by Gasteiger charge is 2.54. The third-order valence-corrected chi connectivity index (χ3v) is 6.35. The molecule has 1 saturated heterocycles. The molecule has 2 amide bonds. The van der Waals surface area contributed by atoms with Crippen LogP contribution in [-0.2, 0) is 4.74 Å². The van der Waals surface area contributed by atoms with E-state index in [1.807, 2.05) is 41.3 Å². The minimum absolute atomic E-state index is 0.0720. The maximum Gasteiger partial charge on any atom is 0.321 e. The van der Waals surface area contributed by atoms with Crippen LogP contribution in [0.1, 0.15) is 18.4 Å². The molecule has 2 aromatic carbocycles. The summed E-state index contributed by atoms with van der Waals surface area (Å²) in [7, 11) is 1.66. The van der Waals surface area contributed by atoms with Crippen molar-refractivity contribution in [1.29, 1.82) is 0 Å². The summed E-state index contributed by atoms with van der Waals surface area (Å²) in [5.41, 5.74) is 2.68. The first-order valence-electron chi connectivity index (χ1n) is 11.1. The van der Waals surface area contributed by atoms with Gasteiger partial charge in [0.1, 0.15) is 17.7 Å². The molecule has 33 heavy (non-hydrogen) atoms. The molecule has 1 aliphatic heterocycles. The van der Waals surface area contributed by atoms with E-state index in [1.165, 1.54) is 12.1 Å². The van der Waals surface area contributed by atoms with Crippen LogP contribution in [0.15, 0.2) is 60.8 Å². The number of benzene rings is 2. The second kappa shape index (κ2) is 8.83. The number of hydrogen-bond acceptors (Lipinski definition) is 4. The molecule has 0 bridgehead atoms.